The Morgan fingerprint density at radius 2 is 1.19 bits per heavy atom. The average Bonchev–Trinajstić information content (AvgIpc) is 4.04. The molecule has 4 atom stereocenters. The molecule has 2 aliphatic rings. The zero-order chi connectivity index (χ0) is 48.0. The van der Waals surface area contributed by atoms with Crippen LogP contribution in [-0.2, 0) is 23.8 Å². The van der Waals surface area contributed by atoms with Gasteiger partial charge in [0.05, 0.1) is 69.8 Å². The van der Waals surface area contributed by atoms with E-state index < -0.39 is 18.1 Å². The van der Waals surface area contributed by atoms with Crippen molar-refractivity contribution >= 4 is 29.7 Å². The lowest BCUT2D eigenvalue weighted by Crippen LogP contribution is -2.52. The van der Waals surface area contributed by atoms with Crippen molar-refractivity contribution in [1.29, 1.82) is 0 Å². The Balaban J connectivity index is 1.26. The molecule has 0 radical (unpaired) electrons. The Bertz CT molecular complexity index is 1950. The molecule has 372 valence electrons. The van der Waals surface area contributed by atoms with Crippen LogP contribution in [0.25, 0.3) is 0 Å². The summed E-state index contributed by atoms with van der Waals surface area (Å²) >= 11 is 0. The first-order chi connectivity index (χ1) is 32.6. The van der Waals surface area contributed by atoms with Crippen LogP contribution >= 0.6 is 0 Å². The maximum Gasteiger partial charge on any atom is 0.247 e. The number of hydrogen-bond acceptors (Lipinski definition) is 20. The summed E-state index contributed by atoms with van der Waals surface area (Å²) in [6, 6.07) is -2.09. The van der Waals surface area contributed by atoms with E-state index in [2.05, 4.69) is 50.6 Å². The summed E-state index contributed by atoms with van der Waals surface area (Å²) in [7, 11) is 0. The van der Waals surface area contributed by atoms with E-state index in [0.29, 0.717) is 153 Å². The Labute approximate surface area is 393 Å². The number of ether oxygens (including phenoxy) is 3. The van der Waals surface area contributed by atoms with Gasteiger partial charge in [0, 0.05) is 58.9 Å². The van der Waals surface area contributed by atoms with Gasteiger partial charge in [-0.25, -0.2) is 9.36 Å². The number of unbranched alkanes of at least 4 members (excludes halogenated alkanes) is 2. The zero-order valence-corrected chi connectivity index (χ0v) is 39.4. The molecule has 24 nitrogen and oxygen atoms in total. The maximum atomic E-state index is 14.2. The van der Waals surface area contributed by atoms with E-state index in [-0.39, 0.29) is 31.1 Å². The molecule has 67 heavy (non-hydrogen) atoms. The standard InChI is InChI=1S/C43H74N18O6/c1-4-22-65-24-26-67-27-25-66-23-13-48-41-49-42(58-18-14-56(15-19-58)39(63)37(9-5-7-11-44)60-29-35(52-54-60)33(46)28-32(2)3)51-43(50-41)59-20-16-57(17-21-59)40(64)38(10-6-8-12-45)61-30-36(53-55-61)34(47)31-62/h1,29-30,32-34,37-38,62H,5-28,31,44-47H2,2-3H3,(H,48,49,50,51). The number of nitrogens with two attached hydrogens (primary N) is 4. The highest BCUT2D eigenvalue weighted by atomic mass is 16.5. The fraction of sp³-hybridized carbons (Fsp3) is 0.744. The number of rotatable bonds is 30. The molecule has 0 aromatic carbocycles. The maximum absolute atomic E-state index is 14.2. The highest BCUT2D eigenvalue weighted by Crippen LogP contribution is 2.26. The molecule has 0 spiro atoms. The van der Waals surface area contributed by atoms with Crippen LogP contribution in [0.4, 0.5) is 17.8 Å². The number of piperazine rings is 2. The van der Waals surface area contributed by atoms with Gasteiger partial charge in [0.2, 0.25) is 29.7 Å². The van der Waals surface area contributed by atoms with Gasteiger partial charge in [0.1, 0.15) is 24.4 Å². The molecule has 0 bridgehead atoms. The number of carbonyl (C=O) groups is 2. The summed E-state index contributed by atoms with van der Waals surface area (Å²) < 4.78 is 19.7. The second-order valence-corrected chi connectivity index (χ2v) is 17.2. The van der Waals surface area contributed by atoms with Crippen LogP contribution in [0.2, 0.25) is 0 Å². The lowest BCUT2D eigenvalue weighted by molar-refractivity contribution is -0.136. The third-order valence-corrected chi connectivity index (χ3v) is 11.6. The normalized spacial score (nSPS) is 16.3. The minimum absolute atomic E-state index is 0.0288. The average molecular weight is 939 g/mol. The van der Waals surface area contributed by atoms with Gasteiger partial charge < -0.3 is 67.2 Å². The van der Waals surface area contributed by atoms with Gasteiger partial charge in [0.15, 0.2) is 0 Å². The quantitative estimate of drug-likeness (QED) is 0.0353. The number of nitrogens with zero attached hydrogens (tertiary/aromatic N) is 13. The molecule has 0 aliphatic carbocycles. The first kappa shape index (κ1) is 52.8. The summed E-state index contributed by atoms with van der Waals surface area (Å²) in [5.41, 5.74) is 25.1. The van der Waals surface area contributed by atoms with Crippen LogP contribution in [0, 0.1) is 18.3 Å². The van der Waals surface area contributed by atoms with E-state index in [0.717, 1.165) is 32.1 Å². The van der Waals surface area contributed by atoms with Crippen LogP contribution < -0.4 is 38.1 Å². The second kappa shape index (κ2) is 28.3. The van der Waals surface area contributed by atoms with Crippen molar-refractivity contribution in [2.75, 3.05) is 133 Å². The van der Waals surface area contributed by atoms with E-state index in [1.807, 2.05) is 20.9 Å². The Kier molecular flexibility index (Phi) is 22.3. The second-order valence-electron chi connectivity index (χ2n) is 17.2. The zero-order valence-electron chi connectivity index (χ0n) is 39.4. The topological polar surface area (TPSA) is 311 Å². The summed E-state index contributed by atoms with van der Waals surface area (Å²) in [6.07, 6.45) is 13.6. The van der Waals surface area contributed by atoms with Crippen molar-refractivity contribution in [3.05, 3.63) is 23.8 Å². The van der Waals surface area contributed by atoms with Crippen LogP contribution in [0.5, 0.6) is 0 Å². The lowest BCUT2D eigenvalue weighted by atomic mass is 10.0. The molecule has 4 unspecified atom stereocenters. The molecule has 3 aromatic rings. The number of nitrogens with one attached hydrogen (secondary N) is 1. The van der Waals surface area contributed by atoms with Crippen LogP contribution in [0.3, 0.4) is 0 Å². The lowest BCUT2D eigenvalue weighted by Gasteiger charge is -2.38. The van der Waals surface area contributed by atoms with Crippen LogP contribution in [-0.4, -0.2) is 190 Å². The number of aromatic nitrogens is 9. The van der Waals surface area contributed by atoms with Crippen molar-refractivity contribution in [1.82, 2.24) is 54.7 Å². The SMILES string of the molecule is C#CCOCCOCCOCCNc1nc(N2CCN(C(=O)C(CCCCN)n3cc(C(N)CO)nn3)CC2)nc(N2CCN(C(=O)C(CCCCN)n3cc(C(N)CC(C)C)nn3)CC2)n1. The first-order valence-corrected chi connectivity index (χ1v) is 23.7. The molecule has 2 aliphatic heterocycles. The molecule has 0 saturated carbocycles. The fourth-order valence-electron chi connectivity index (χ4n) is 7.85. The van der Waals surface area contributed by atoms with Gasteiger partial charge in [-0.05, 0) is 64.0 Å². The number of terminal acetylenes is 1. The summed E-state index contributed by atoms with van der Waals surface area (Å²) in [5, 5.41) is 29.9. The highest BCUT2D eigenvalue weighted by Gasteiger charge is 2.33. The predicted octanol–water partition coefficient (Wildman–Crippen LogP) is -0.775. The van der Waals surface area contributed by atoms with Crippen molar-refractivity contribution in [3.63, 3.8) is 0 Å². The number of amides is 2. The van der Waals surface area contributed by atoms with Crippen molar-refractivity contribution in [3.8, 4) is 12.3 Å². The third-order valence-electron chi connectivity index (χ3n) is 11.6. The number of carbonyl (C=O) groups excluding carboxylic acids is 2. The van der Waals surface area contributed by atoms with Crippen molar-refractivity contribution in [2.24, 2.45) is 28.9 Å². The minimum Gasteiger partial charge on any atom is -0.394 e. The Morgan fingerprint density at radius 1 is 0.716 bits per heavy atom. The predicted molar refractivity (Wildman–Crippen MR) is 252 cm³/mol. The van der Waals surface area contributed by atoms with Gasteiger partial charge in [-0.15, -0.1) is 16.6 Å². The van der Waals surface area contributed by atoms with E-state index in [1.54, 1.807) is 15.6 Å². The third kappa shape index (κ3) is 16.3. The number of hydrogen-bond donors (Lipinski definition) is 6. The smallest absolute Gasteiger partial charge is 0.247 e. The largest absolute Gasteiger partial charge is 0.394 e. The molecule has 10 N–H and O–H groups in total. The Hall–Kier alpha value is -5.13. The van der Waals surface area contributed by atoms with Crippen LogP contribution in [0.1, 0.15) is 94.3 Å². The number of anilines is 3. The van der Waals surface area contributed by atoms with Gasteiger partial charge in [-0.3, -0.25) is 9.59 Å². The number of aliphatic hydroxyl groups excluding tert-OH is 1. The van der Waals surface area contributed by atoms with Crippen molar-refractivity contribution in [2.45, 2.75) is 83.0 Å². The summed E-state index contributed by atoms with van der Waals surface area (Å²) in [4.78, 5) is 50.7. The molecule has 2 amide bonds. The van der Waals surface area contributed by atoms with Crippen molar-refractivity contribution < 1.29 is 28.9 Å². The molecule has 2 fully saturated rings. The van der Waals surface area contributed by atoms with Gasteiger partial charge in [-0.1, -0.05) is 30.2 Å². The summed E-state index contributed by atoms with van der Waals surface area (Å²) in [5.74, 6) is 4.02. The van der Waals surface area contributed by atoms with Gasteiger partial charge in [-0.2, -0.15) is 15.0 Å². The monoisotopic (exact) mass is 939 g/mol. The minimum atomic E-state index is -0.696. The summed E-state index contributed by atoms with van der Waals surface area (Å²) in [6.45, 7) is 11.4. The molecule has 24 heteroatoms. The van der Waals surface area contributed by atoms with E-state index in [9.17, 15) is 14.7 Å². The fourth-order valence-corrected chi connectivity index (χ4v) is 7.85. The van der Waals surface area contributed by atoms with Crippen LogP contribution in [0.15, 0.2) is 12.4 Å². The van der Waals surface area contributed by atoms with E-state index in [4.69, 9.17) is 58.5 Å². The first-order valence-electron chi connectivity index (χ1n) is 23.7. The number of aliphatic hydroxyl groups is 1. The molecule has 3 aromatic heterocycles. The van der Waals surface area contributed by atoms with E-state index in [1.165, 1.54) is 0 Å². The van der Waals surface area contributed by atoms with E-state index >= 15 is 0 Å². The molecule has 5 rings (SSSR count). The highest BCUT2D eigenvalue weighted by molar-refractivity contribution is 5.81. The van der Waals surface area contributed by atoms with Gasteiger partial charge >= 0.3 is 0 Å². The van der Waals surface area contributed by atoms with Gasteiger partial charge in [0.25, 0.3) is 0 Å². The Morgan fingerprint density at radius 3 is 1.66 bits per heavy atom. The molecule has 2 saturated heterocycles. The molecular formula is C43H74N18O6. The molecule has 5 heterocycles. The molecular weight excluding hydrogens is 865 g/mol.